The molecule has 1 saturated heterocycles. The number of Topliss-reactive ketones (excluding diaryl/α,β-unsaturated/α-hetero) is 1. The van der Waals surface area contributed by atoms with E-state index in [-0.39, 0.29) is 27.9 Å². The summed E-state index contributed by atoms with van der Waals surface area (Å²) in [7, 11) is 0. The van der Waals surface area contributed by atoms with Crippen LogP contribution in [0.5, 0.6) is 11.5 Å². The molecule has 5 rings (SSSR count). The SMILES string of the molecule is CCOC(=O)c1sc(N2C(=O)C(=O)/C(=C(/O)c3ccc4c(c3)OCCO4)C2c2ccncc2)nc1C. The van der Waals surface area contributed by atoms with E-state index in [0.29, 0.717) is 41.5 Å². The molecule has 10 nitrogen and oxygen atoms in total. The van der Waals surface area contributed by atoms with Gasteiger partial charge in [-0.25, -0.2) is 9.78 Å². The maximum absolute atomic E-state index is 13.3. The van der Waals surface area contributed by atoms with Gasteiger partial charge < -0.3 is 19.3 Å². The number of nitrogens with zero attached hydrogens (tertiary/aromatic N) is 3. The van der Waals surface area contributed by atoms with Crippen LogP contribution < -0.4 is 14.4 Å². The summed E-state index contributed by atoms with van der Waals surface area (Å²) in [6.45, 7) is 4.26. The summed E-state index contributed by atoms with van der Waals surface area (Å²) in [6, 6.07) is 7.08. The Kier molecular flexibility index (Phi) is 6.15. The molecule has 2 aromatic heterocycles. The Morgan fingerprint density at radius 2 is 1.89 bits per heavy atom. The smallest absolute Gasteiger partial charge is 0.350 e. The minimum Gasteiger partial charge on any atom is -0.507 e. The molecule has 2 aliphatic rings. The molecule has 0 saturated carbocycles. The molecule has 0 aliphatic carbocycles. The van der Waals surface area contributed by atoms with Gasteiger partial charge in [0.05, 0.1) is 23.9 Å². The van der Waals surface area contributed by atoms with Crippen molar-refractivity contribution < 1.29 is 33.7 Å². The van der Waals surface area contributed by atoms with Crippen molar-refractivity contribution in [2.45, 2.75) is 19.9 Å². The number of rotatable bonds is 5. The van der Waals surface area contributed by atoms with Gasteiger partial charge in [0.15, 0.2) is 16.6 Å². The van der Waals surface area contributed by atoms with Gasteiger partial charge in [0.2, 0.25) is 0 Å². The largest absolute Gasteiger partial charge is 0.507 e. The first-order valence-electron chi connectivity index (χ1n) is 11.2. The fourth-order valence-corrected chi connectivity index (χ4v) is 5.10. The van der Waals surface area contributed by atoms with Gasteiger partial charge in [-0.3, -0.25) is 19.5 Å². The number of carbonyl (C=O) groups is 3. The summed E-state index contributed by atoms with van der Waals surface area (Å²) >= 11 is 0.948. The van der Waals surface area contributed by atoms with Gasteiger partial charge in [-0.15, -0.1) is 0 Å². The summed E-state index contributed by atoms with van der Waals surface area (Å²) in [5.41, 5.74) is 1.08. The lowest BCUT2D eigenvalue weighted by Crippen LogP contribution is -2.29. The van der Waals surface area contributed by atoms with E-state index in [1.165, 1.54) is 17.3 Å². The highest BCUT2D eigenvalue weighted by molar-refractivity contribution is 7.17. The summed E-state index contributed by atoms with van der Waals surface area (Å²) in [5, 5.41) is 11.4. The number of ketones is 1. The Morgan fingerprint density at radius 3 is 2.61 bits per heavy atom. The lowest BCUT2D eigenvalue weighted by Gasteiger charge is -2.23. The lowest BCUT2D eigenvalue weighted by atomic mass is 9.96. The molecule has 4 heterocycles. The van der Waals surface area contributed by atoms with Gasteiger partial charge in [-0.2, -0.15) is 0 Å². The number of aliphatic hydroxyl groups excluding tert-OH is 1. The predicted molar refractivity (Wildman–Crippen MR) is 129 cm³/mol. The van der Waals surface area contributed by atoms with Gasteiger partial charge in [0.1, 0.15) is 23.9 Å². The molecule has 1 amide bonds. The Hall–Kier alpha value is -4.25. The van der Waals surface area contributed by atoms with Crippen molar-refractivity contribution in [1.29, 1.82) is 0 Å². The van der Waals surface area contributed by atoms with Crippen molar-refractivity contribution >= 4 is 39.9 Å². The summed E-state index contributed by atoms with van der Waals surface area (Å²) < 4.78 is 16.2. The van der Waals surface area contributed by atoms with Crippen molar-refractivity contribution in [3.05, 3.63) is 70.0 Å². The highest BCUT2D eigenvalue weighted by Crippen LogP contribution is 2.44. The minimum atomic E-state index is -0.998. The number of thiazole rings is 1. The Bertz CT molecular complexity index is 1400. The number of hydrogen-bond acceptors (Lipinski definition) is 10. The molecule has 0 radical (unpaired) electrons. The first kappa shape index (κ1) is 23.5. The van der Waals surface area contributed by atoms with E-state index in [1.54, 1.807) is 44.2 Å². The van der Waals surface area contributed by atoms with E-state index < -0.39 is 23.7 Å². The molecular weight excluding hydrogens is 486 g/mol. The van der Waals surface area contributed by atoms with Gasteiger partial charge in [0.25, 0.3) is 5.78 Å². The maximum Gasteiger partial charge on any atom is 0.350 e. The van der Waals surface area contributed by atoms with Crippen LogP contribution in [0.25, 0.3) is 5.76 Å². The van der Waals surface area contributed by atoms with E-state index in [1.807, 2.05) is 0 Å². The molecule has 1 atom stereocenters. The van der Waals surface area contributed by atoms with Crippen molar-refractivity contribution in [3.63, 3.8) is 0 Å². The van der Waals surface area contributed by atoms with E-state index in [4.69, 9.17) is 14.2 Å². The van der Waals surface area contributed by atoms with E-state index in [9.17, 15) is 19.5 Å². The molecule has 1 aromatic carbocycles. The molecule has 1 fully saturated rings. The van der Waals surface area contributed by atoms with Crippen LogP contribution in [0.4, 0.5) is 5.13 Å². The van der Waals surface area contributed by atoms with E-state index in [2.05, 4.69) is 9.97 Å². The van der Waals surface area contributed by atoms with E-state index >= 15 is 0 Å². The fraction of sp³-hybridized carbons (Fsp3) is 0.240. The zero-order chi connectivity index (χ0) is 25.4. The number of anilines is 1. The van der Waals surface area contributed by atoms with Crippen LogP contribution in [0.3, 0.4) is 0 Å². The zero-order valence-electron chi connectivity index (χ0n) is 19.4. The first-order chi connectivity index (χ1) is 17.4. The van der Waals surface area contributed by atoms with Gasteiger partial charge in [-0.05, 0) is 49.7 Å². The average molecular weight is 508 g/mol. The molecule has 11 heteroatoms. The first-order valence-corrected chi connectivity index (χ1v) is 12.0. The number of aliphatic hydroxyl groups is 1. The average Bonchev–Trinajstić information content (AvgIpc) is 3.40. The number of ether oxygens (including phenoxy) is 3. The minimum absolute atomic E-state index is 0.117. The molecule has 36 heavy (non-hydrogen) atoms. The number of aryl methyl sites for hydroxylation is 1. The Labute approximate surface area is 209 Å². The van der Waals surface area contributed by atoms with Crippen LogP contribution in [0, 0.1) is 6.92 Å². The Balaban J connectivity index is 1.65. The van der Waals surface area contributed by atoms with Crippen LogP contribution in [-0.2, 0) is 14.3 Å². The zero-order valence-corrected chi connectivity index (χ0v) is 20.2. The number of carbonyl (C=O) groups excluding carboxylic acids is 3. The third-order valence-electron chi connectivity index (χ3n) is 5.73. The number of fused-ring (bicyclic) bond motifs is 1. The van der Waals surface area contributed by atoms with Crippen LogP contribution in [0.15, 0.2) is 48.3 Å². The highest BCUT2D eigenvalue weighted by Gasteiger charge is 2.48. The third-order valence-corrected chi connectivity index (χ3v) is 6.87. The van der Waals surface area contributed by atoms with Crippen LogP contribution in [-0.4, -0.2) is 52.6 Å². The molecule has 3 aromatic rings. The second kappa shape index (κ2) is 9.42. The monoisotopic (exact) mass is 507 g/mol. The predicted octanol–water partition coefficient (Wildman–Crippen LogP) is 3.42. The molecule has 1 unspecified atom stereocenters. The standard InChI is InChI=1S/C25H21N3O7S/c1-3-33-24(32)22-13(2)27-25(36-22)28-19(14-6-8-26-9-7-14)18(21(30)23(28)31)20(29)15-4-5-16-17(12-15)35-11-10-34-16/h4-9,12,19,29H,3,10-11H2,1-2H3/b20-18+. The third kappa shape index (κ3) is 3.97. The van der Waals surface area contributed by atoms with Gasteiger partial charge in [0, 0.05) is 18.0 Å². The summed E-state index contributed by atoms with van der Waals surface area (Å²) in [6.07, 6.45) is 3.05. The van der Waals surface area contributed by atoms with E-state index in [0.717, 1.165) is 11.3 Å². The molecule has 184 valence electrons. The summed E-state index contributed by atoms with van der Waals surface area (Å²) in [5.74, 6) is -1.74. The second-order valence-electron chi connectivity index (χ2n) is 7.94. The molecular formula is C25H21N3O7S. The molecule has 0 bridgehead atoms. The number of pyridine rings is 1. The molecule has 2 aliphatic heterocycles. The van der Waals surface area contributed by atoms with Crippen molar-refractivity contribution in [2.75, 3.05) is 24.7 Å². The number of esters is 1. The number of hydrogen-bond donors (Lipinski definition) is 1. The highest BCUT2D eigenvalue weighted by atomic mass is 32.1. The Morgan fingerprint density at radius 1 is 1.17 bits per heavy atom. The van der Waals surface area contributed by atoms with Gasteiger partial charge >= 0.3 is 11.9 Å². The van der Waals surface area contributed by atoms with Crippen LogP contribution in [0.1, 0.15) is 39.5 Å². The normalized spacial score (nSPS) is 18.4. The number of aromatic nitrogens is 2. The fourth-order valence-electron chi connectivity index (χ4n) is 4.11. The maximum atomic E-state index is 13.3. The quantitative estimate of drug-likeness (QED) is 0.239. The van der Waals surface area contributed by atoms with Gasteiger partial charge in [-0.1, -0.05) is 11.3 Å². The molecule has 0 spiro atoms. The molecule has 1 N–H and O–H groups in total. The second-order valence-corrected chi connectivity index (χ2v) is 8.92. The van der Waals surface area contributed by atoms with Crippen molar-refractivity contribution in [2.24, 2.45) is 0 Å². The topological polar surface area (TPSA) is 128 Å². The lowest BCUT2D eigenvalue weighted by molar-refractivity contribution is -0.132. The van der Waals surface area contributed by atoms with Crippen LogP contribution in [0.2, 0.25) is 0 Å². The van der Waals surface area contributed by atoms with Crippen molar-refractivity contribution in [1.82, 2.24) is 9.97 Å². The van der Waals surface area contributed by atoms with Crippen LogP contribution >= 0.6 is 11.3 Å². The van der Waals surface area contributed by atoms with Crippen molar-refractivity contribution in [3.8, 4) is 11.5 Å². The number of amides is 1. The number of benzene rings is 1. The summed E-state index contributed by atoms with van der Waals surface area (Å²) in [4.78, 5) is 48.8.